The number of hydrogen-bond donors (Lipinski definition) is 5. The van der Waals surface area contributed by atoms with Gasteiger partial charge in [0.2, 0.25) is 0 Å². The van der Waals surface area contributed by atoms with Crippen LogP contribution in [0.2, 0.25) is 0 Å². The van der Waals surface area contributed by atoms with Crippen LogP contribution in [-0.4, -0.2) is 74.4 Å². The molecule has 2 rings (SSSR count). The van der Waals surface area contributed by atoms with Gasteiger partial charge in [0.05, 0.1) is 30.8 Å². The van der Waals surface area contributed by atoms with Crippen LogP contribution >= 0.6 is 0 Å². The van der Waals surface area contributed by atoms with E-state index in [4.69, 9.17) is 4.74 Å². The molecule has 0 unspecified atom stereocenters. The van der Waals surface area contributed by atoms with Crippen LogP contribution in [0.15, 0.2) is 36.0 Å². The molecule has 1 fully saturated rings. The Morgan fingerprint density at radius 2 is 1.75 bits per heavy atom. The molecule has 8 nitrogen and oxygen atoms in total. The van der Waals surface area contributed by atoms with Crippen LogP contribution in [0.25, 0.3) is 0 Å². The van der Waals surface area contributed by atoms with Gasteiger partial charge in [0.1, 0.15) is 12.2 Å². The van der Waals surface area contributed by atoms with E-state index in [0.717, 1.165) is 6.42 Å². The smallest absolute Gasteiger partial charge is 0.311 e. The maximum atomic E-state index is 13.3. The highest BCUT2D eigenvalue weighted by Gasteiger charge is 2.56. The number of aliphatic hydroxyl groups excluding tert-OH is 5. The summed E-state index contributed by atoms with van der Waals surface area (Å²) in [5, 5.41) is 49.4. The number of Topliss-reactive ketones (excluding diaryl/α,β-unsaturated/α-hetero) is 1. The Kier molecular flexibility index (Phi) is 10.6. The Morgan fingerprint density at radius 3 is 2.33 bits per heavy atom. The van der Waals surface area contributed by atoms with Gasteiger partial charge in [-0.15, -0.1) is 0 Å². The molecule has 0 aromatic heterocycles. The van der Waals surface area contributed by atoms with Gasteiger partial charge in [-0.3, -0.25) is 9.59 Å². The number of ketones is 1. The van der Waals surface area contributed by atoms with Crippen molar-refractivity contribution in [2.45, 2.75) is 84.9 Å². The molecule has 8 heteroatoms. The standard InChI is InChI=1S/C28H44O8/c1-15-12-20-11-10-17(3)28(6,26(34)22(32)14-29)24(20)23(13-15)36-27(35)18(4)25(33)16(2)8-7-9-21(31)19(5)30/h7-11,15,17-25,29-33H,12-14H2,1-6H3/b9-7+,16-8+/t15-,17+,18+,19+,20+,21+,22-,23+,24-,25+,28+/m1/s1. The van der Waals surface area contributed by atoms with Crippen LogP contribution in [0.5, 0.6) is 0 Å². The lowest BCUT2D eigenvalue weighted by Crippen LogP contribution is -2.57. The molecule has 0 radical (unpaired) electrons. The van der Waals surface area contributed by atoms with Crippen LogP contribution in [0.4, 0.5) is 0 Å². The molecule has 0 spiro atoms. The molecular weight excluding hydrogens is 464 g/mol. The largest absolute Gasteiger partial charge is 0.462 e. The zero-order valence-electron chi connectivity index (χ0n) is 22.2. The summed E-state index contributed by atoms with van der Waals surface area (Å²) < 4.78 is 6.00. The molecule has 0 saturated heterocycles. The monoisotopic (exact) mass is 508 g/mol. The van der Waals surface area contributed by atoms with E-state index in [1.807, 2.05) is 13.0 Å². The highest BCUT2D eigenvalue weighted by atomic mass is 16.5. The Labute approximate surface area is 214 Å². The van der Waals surface area contributed by atoms with E-state index in [1.54, 1.807) is 26.8 Å². The highest BCUT2D eigenvalue weighted by Crippen LogP contribution is 2.53. The van der Waals surface area contributed by atoms with E-state index >= 15 is 0 Å². The summed E-state index contributed by atoms with van der Waals surface area (Å²) in [6, 6.07) is 0. The van der Waals surface area contributed by atoms with Crippen LogP contribution in [0, 0.1) is 35.0 Å². The van der Waals surface area contributed by atoms with E-state index in [0.29, 0.717) is 12.0 Å². The van der Waals surface area contributed by atoms with Crippen molar-refractivity contribution in [3.63, 3.8) is 0 Å². The van der Waals surface area contributed by atoms with Crippen LogP contribution < -0.4 is 0 Å². The van der Waals surface area contributed by atoms with Gasteiger partial charge in [0.25, 0.3) is 0 Å². The van der Waals surface area contributed by atoms with E-state index in [-0.39, 0.29) is 23.7 Å². The predicted molar refractivity (Wildman–Crippen MR) is 136 cm³/mol. The summed E-state index contributed by atoms with van der Waals surface area (Å²) >= 11 is 0. The highest BCUT2D eigenvalue weighted by molar-refractivity contribution is 5.89. The minimum atomic E-state index is -1.51. The fourth-order valence-electron chi connectivity index (χ4n) is 5.68. The molecule has 1 saturated carbocycles. The average molecular weight is 509 g/mol. The molecule has 0 aromatic carbocycles. The SMILES string of the molecule is C/C(=C\C=C\[C@H](O)[C@H](C)O)[C@H](O)[C@H](C)C(=O)O[C@H]1C[C@H](C)C[C@@H]2C=C[C@H](C)[C@](C)(C(=O)[C@H](O)CO)[C@@H]12. The Balaban J connectivity index is 2.25. The number of aliphatic hydroxyl groups is 5. The second kappa shape index (κ2) is 12.6. The summed E-state index contributed by atoms with van der Waals surface area (Å²) in [4.78, 5) is 26.4. The molecule has 2 aliphatic rings. The molecule has 0 heterocycles. The quantitative estimate of drug-likeness (QED) is 0.171. The molecule has 0 amide bonds. The summed E-state index contributed by atoms with van der Waals surface area (Å²) in [5.74, 6) is -2.28. The number of fused-ring (bicyclic) bond motifs is 1. The maximum Gasteiger partial charge on any atom is 0.311 e. The Morgan fingerprint density at radius 1 is 1.11 bits per heavy atom. The first-order valence-corrected chi connectivity index (χ1v) is 12.9. The zero-order valence-corrected chi connectivity index (χ0v) is 22.2. The first kappa shape index (κ1) is 30.4. The topological polar surface area (TPSA) is 145 Å². The van der Waals surface area contributed by atoms with Crippen molar-refractivity contribution in [3.05, 3.63) is 36.0 Å². The number of hydrogen-bond acceptors (Lipinski definition) is 8. The molecular formula is C28H44O8. The van der Waals surface area contributed by atoms with Gasteiger partial charge in [0, 0.05) is 11.3 Å². The van der Waals surface area contributed by atoms with Crippen molar-refractivity contribution in [2.24, 2.45) is 35.0 Å². The average Bonchev–Trinajstić information content (AvgIpc) is 2.83. The number of ether oxygens (including phenoxy) is 1. The second-order valence-corrected chi connectivity index (χ2v) is 11.0. The van der Waals surface area contributed by atoms with Gasteiger partial charge in [-0.1, -0.05) is 51.2 Å². The van der Waals surface area contributed by atoms with Crippen molar-refractivity contribution in [3.8, 4) is 0 Å². The number of esters is 1. The lowest BCUT2D eigenvalue weighted by molar-refractivity contribution is -0.176. The predicted octanol–water partition coefficient (Wildman–Crippen LogP) is 1.94. The molecule has 0 bridgehead atoms. The number of rotatable bonds is 10. The van der Waals surface area contributed by atoms with Crippen molar-refractivity contribution in [1.29, 1.82) is 0 Å². The van der Waals surface area contributed by atoms with Crippen molar-refractivity contribution >= 4 is 11.8 Å². The van der Waals surface area contributed by atoms with Crippen LogP contribution in [0.3, 0.4) is 0 Å². The molecule has 2 aliphatic carbocycles. The third-order valence-electron chi connectivity index (χ3n) is 8.20. The first-order valence-electron chi connectivity index (χ1n) is 12.9. The normalized spacial score (nSPS) is 35.0. The molecule has 0 aromatic rings. The summed E-state index contributed by atoms with van der Waals surface area (Å²) in [7, 11) is 0. The number of carbonyl (C=O) groups is 2. The van der Waals surface area contributed by atoms with E-state index in [2.05, 4.69) is 13.0 Å². The van der Waals surface area contributed by atoms with Crippen molar-refractivity contribution in [1.82, 2.24) is 0 Å². The van der Waals surface area contributed by atoms with Gasteiger partial charge in [-0.2, -0.15) is 0 Å². The van der Waals surface area contributed by atoms with E-state index in [1.165, 1.54) is 19.1 Å². The Bertz CT molecular complexity index is 862. The summed E-state index contributed by atoms with van der Waals surface area (Å²) in [6.45, 7) is 9.79. The maximum absolute atomic E-state index is 13.3. The van der Waals surface area contributed by atoms with Gasteiger partial charge < -0.3 is 30.3 Å². The van der Waals surface area contributed by atoms with Gasteiger partial charge >= 0.3 is 5.97 Å². The molecule has 36 heavy (non-hydrogen) atoms. The van der Waals surface area contributed by atoms with Gasteiger partial charge in [0.15, 0.2) is 5.78 Å². The minimum Gasteiger partial charge on any atom is -0.462 e. The second-order valence-electron chi connectivity index (χ2n) is 11.0. The summed E-state index contributed by atoms with van der Waals surface area (Å²) in [5.41, 5.74) is -0.538. The number of allylic oxidation sites excluding steroid dienone is 4. The third kappa shape index (κ3) is 6.53. The molecule has 5 N–H and O–H groups in total. The zero-order chi connectivity index (χ0) is 27.4. The fraction of sp³-hybridized carbons (Fsp3) is 0.714. The third-order valence-corrected chi connectivity index (χ3v) is 8.20. The van der Waals surface area contributed by atoms with Crippen LogP contribution in [0.1, 0.15) is 54.4 Å². The number of carbonyl (C=O) groups excluding carboxylic acids is 2. The Hall–Kier alpha value is -1.84. The van der Waals surface area contributed by atoms with E-state index < -0.39 is 60.2 Å². The lowest BCUT2D eigenvalue weighted by Gasteiger charge is -2.52. The lowest BCUT2D eigenvalue weighted by atomic mass is 9.52. The minimum absolute atomic E-state index is 0.0186. The van der Waals surface area contributed by atoms with Gasteiger partial charge in [-0.25, -0.2) is 0 Å². The fourth-order valence-corrected chi connectivity index (χ4v) is 5.68. The first-order chi connectivity index (χ1) is 16.7. The van der Waals surface area contributed by atoms with E-state index in [9.17, 15) is 35.1 Å². The summed E-state index contributed by atoms with van der Waals surface area (Å²) in [6.07, 6.45) is 4.72. The van der Waals surface area contributed by atoms with Crippen LogP contribution in [-0.2, 0) is 14.3 Å². The van der Waals surface area contributed by atoms with Gasteiger partial charge in [-0.05, 0) is 56.9 Å². The molecule has 204 valence electrons. The van der Waals surface area contributed by atoms with Crippen molar-refractivity contribution < 1.29 is 39.9 Å². The van der Waals surface area contributed by atoms with Crippen molar-refractivity contribution in [2.75, 3.05) is 6.61 Å². The molecule has 11 atom stereocenters. The molecule has 0 aliphatic heterocycles.